The summed E-state index contributed by atoms with van der Waals surface area (Å²) in [7, 11) is 0. The Labute approximate surface area is 204 Å². The first-order chi connectivity index (χ1) is 16.6. The minimum absolute atomic E-state index is 0.0747. The Hall–Kier alpha value is -2.17. The maximum Gasteiger partial charge on any atom is 0.343 e. The van der Waals surface area contributed by atoms with Crippen LogP contribution in [0.3, 0.4) is 0 Å². The van der Waals surface area contributed by atoms with E-state index in [9.17, 15) is 9.90 Å². The molecular weight excluding hydrogens is 422 g/mol. The van der Waals surface area contributed by atoms with Gasteiger partial charge in [0, 0.05) is 31.5 Å². The van der Waals surface area contributed by atoms with Crippen LogP contribution in [0.15, 0.2) is 60.7 Å². The molecule has 1 heterocycles. The minimum atomic E-state index is -1.54. The van der Waals surface area contributed by atoms with Crippen molar-refractivity contribution in [1.82, 2.24) is 4.90 Å². The van der Waals surface area contributed by atoms with Crippen LogP contribution in [0, 0.1) is 23.7 Å². The number of aliphatic hydroxyl groups is 1. The molecule has 5 rings (SSSR count). The molecule has 3 fully saturated rings. The molecule has 34 heavy (non-hydrogen) atoms. The summed E-state index contributed by atoms with van der Waals surface area (Å²) >= 11 is 0. The standard InChI is InChI=1S/C30H39NO3/c32-29(30(33,27-15-9-4-10-16-27)26-13-7-1-2-8-14-26)34-22-28-24-17-18-25(28)21-31(20-24)19-23-11-5-3-6-12-23/h3-6,9-12,15-16,24-26,28,33H,1-2,7-8,13-14,17-22H2. The number of benzene rings is 2. The van der Waals surface area contributed by atoms with Crippen LogP contribution < -0.4 is 0 Å². The SMILES string of the molecule is O=C(OCC1C2CCC1CN(Cc1ccccc1)C2)C(O)(c1ccccc1)C1CCCCCC1. The summed E-state index contributed by atoms with van der Waals surface area (Å²) < 4.78 is 6.02. The maximum atomic E-state index is 13.6. The molecule has 3 atom stereocenters. The highest BCUT2D eigenvalue weighted by atomic mass is 16.5. The van der Waals surface area contributed by atoms with E-state index >= 15 is 0 Å². The monoisotopic (exact) mass is 461 g/mol. The Balaban J connectivity index is 1.25. The Bertz CT molecular complexity index is 911. The third kappa shape index (κ3) is 4.94. The lowest BCUT2D eigenvalue weighted by atomic mass is 9.77. The molecule has 0 spiro atoms. The van der Waals surface area contributed by atoms with Gasteiger partial charge < -0.3 is 9.84 Å². The van der Waals surface area contributed by atoms with Crippen LogP contribution in [0.2, 0.25) is 0 Å². The average molecular weight is 462 g/mol. The fourth-order valence-corrected chi connectivity index (χ4v) is 6.87. The van der Waals surface area contributed by atoms with E-state index in [0.29, 0.717) is 29.9 Å². The molecular formula is C30H39NO3. The number of fused-ring (bicyclic) bond motifs is 2. The number of rotatable bonds is 7. The first-order valence-electron chi connectivity index (χ1n) is 13.4. The second-order valence-electron chi connectivity index (χ2n) is 10.9. The topological polar surface area (TPSA) is 49.8 Å². The molecule has 4 nitrogen and oxygen atoms in total. The molecule has 4 heteroatoms. The number of carbonyl (C=O) groups is 1. The lowest BCUT2D eigenvalue weighted by Gasteiger charge is -2.39. The number of nitrogens with zero attached hydrogens (tertiary/aromatic N) is 1. The van der Waals surface area contributed by atoms with Gasteiger partial charge in [-0.15, -0.1) is 0 Å². The molecule has 1 saturated heterocycles. The fourth-order valence-electron chi connectivity index (χ4n) is 6.87. The van der Waals surface area contributed by atoms with Gasteiger partial charge in [-0.2, -0.15) is 0 Å². The van der Waals surface area contributed by atoms with Crippen LogP contribution in [0.1, 0.15) is 62.5 Å². The number of esters is 1. The van der Waals surface area contributed by atoms with Crippen LogP contribution in [-0.4, -0.2) is 35.7 Å². The number of ether oxygens (including phenoxy) is 1. The molecule has 0 amide bonds. The predicted molar refractivity (Wildman–Crippen MR) is 134 cm³/mol. The molecule has 2 aromatic carbocycles. The second kappa shape index (κ2) is 10.6. The highest BCUT2D eigenvalue weighted by Gasteiger charge is 2.48. The molecule has 1 N–H and O–H groups in total. The molecule has 182 valence electrons. The van der Waals surface area contributed by atoms with Gasteiger partial charge >= 0.3 is 5.97 Å². The van der Waals surface area contributed by atoms with Gasteiger partial charge in [-0.25, -0.2) is 4.79 Å². The van der Waals surface area contributed by atoms with E-state index in [4.69, 9.17) is 4.74 Å². The highest BCUT2D eigenvalue weighted by Crippen LogP contribution is 2.44. The number of hydrogen-bond donors (Lipinski definition) is 1. The third-order valence-electron chi connectivity index (χ3n) is 8.73. The number of piperidine rings is 1. The maximum absolute atomic E-state index is 13.6. The van der Waals surface area contributed by atoms with Crippen molar-refractivity contribution in [3.63, 3.8) is 0 Å². The summed E-state index contributed by atoms with van der Waals surface area (Å²) in [6.07, 6.45) is 8.68. The molecule has 3 aliphatic rings. The Morgan fingerprint density at radius 3 is 2.06 bits per heavy atom. The van der Waals surface area contributed by atoms with E-state index in [1.807, 2.05) is 30.3 Å². The van der Waals surface area contributed by atoms with E-state index in [0.717, 1.165) is 45.3 Å². The van der Waals surface area contributed by atoms with Crippen molar-refractivity contribution in [2.75, 3.05) is 19.7 Å². The van der Waals surface area contributed by atoms with Crippen molar-refractivity contribution in [3.05, 3.63) is 71.8 Å². The predicted octanol–water partition coefficient (Wildman–Crippen LogP) is 5.55. The van der Waals surface area contributed by atoms with Gasteiger partial charge in [-0.1, -0.05) is 86.3 Å². The van der Waals surface area contributed by atoms with Crippen molar-refractivity contribution < 1.29 is 14.6 Å². The molecule has 2 aromatic rings. The molecule has 3 unspecified atom stereocenters. The van der Waals surface area contributed by atoms with Crippen molar-refractivity contribution >= 4 is 5.97 Å². The van der Waals surface area contributed by atoms with Crippen molar-refractivity contribution in [2.24, 2.45) is 23.7 Å². The van der Waals surface area contributed by atoms with Crippen molar-refractivity contribution in [2.45, 2.75) is 63.5 Å². The number of hydrogen-bond acceptors (Lipinski definition) is 4. The van der Waals surface area contributed by atoms with Crippen LogP contribution >= 0.6 is 0 Å². The van der Waals surface area contributed by atoms with E-state index in [2.05, 4.69) is 35.2 Å². The molecule has 0 radical (unpaired) electrons. The zero-order valence-electron chi connectivity index (χ0n) is 20.3. The number of likely N-dealkylation sites (tertiary alicyclic amines) is 1. The molecule has 2 bridgehead atoms. The summed E-state index contributed by atoms with van der Waals surface area (Å²) in [5, 5.41) is 11.9. The average Bonchev–Trinajstić information content (AvgIpc) is 3.07. The van der Waals surface area contributed by atoms with E-state index in [1.165, 1.54) is 31.2 Å². The van der Waals surface area contributed by atoms with Gasteiger partial charge in [0.05, 0.1) is 6.61 Å². The third-order valence-corrected chi connectivity index (χ3v) is 8.73. The van der Waals surface area contributed by atoms with Gasteiger partial charge in [0.25, 0.3) is 0 Å². The summed E-state index contributed by atoms with van der Waals surface area (Å²) in [6, 6.07) is 20.2. The van der Waals surface area contributed by atoms with Gasteiger partial charge in [0.1, 0.15) is 0 Å². The normalized spacial score (nSPS) is 27.6. The summed E-state index contributed by atoms with van der Waals surface area (Å²) in [5.41, 5.74) is 0.509. The quantitative estimate of drug-likeness (QED) is 0.434. The van der Waals surface area contributed by atoms with Crippen LogP contribution in [0.25, 0.3) is 0 Å². The molecule has 0 aromatic heterocycles. The largest absolute Gasteiger partial charge is 0.463 e. The van der Waals surface area contributed by atoms with Crippen molar-refractivity contribution in [1.29, 1.82) is 0 Å². The lowest BCUT2D eigenvalue weighted by Crippen LogP contribution is -2.47. The molecule has 2 saturated carbocycles. The van der Waals surface area contributed by atoms with Crippen molar-refractivity contribution in [3.8, 4) is 0 Å². The molecule has 2 aliphatic carbocycles. The van der Waals surface area contributed by atoms with E-state index < -0.39 is 11.6 Å². The van der Waals surface area contributed by atoms with E-state index in [1.54, 1.807) is 0 Å². The summed E-state index contributed by atoms with van der Waals surface area (Å²) in [4.78, 5) is 16.1. The minimum Gasteiger partial charge on any atom is -0.463 e. The van der Waals surface area contributed by atoms with E-state index in [-0.39, 0.29) is 5.92 Å². The summed E-state index contributed by atoms with van der Waals surface area (Å²) in [5.74, 6) is 1.03. The fraction of sp³-hybridized carbons (Fsp3) is 0.567. The lowest BCUT2D eigenvalue weighted by molar-refractivity contribution is -0.177. The number of carbonyl (C=O) groups excluding carboxylic acids is 1. The van der Waals surface area contributed by atoms with Gasteiger partial charge in [0.15, 0.2) is 5.60 Å². The zero-order valence-corrected chi connectivity index (χ0v) is 20.3. The first kappa shape index (κ1) is 23.6. The summed E-state index contributed by atoms with van der Waals surface area (Å²) in [6.45, 7) is 3.57. The van der Waals surface area contributed by atoms with Crippen LogP contribution in [0.5, 0.6) is 0 Å². The second-order valence-corrected chi connectivity index (χ2v) is 10.9. The van der Waals surface area contributed by atoms with Gasteiger partial charge in [-0.3, -0.25) is 4.90 Å². The van der Waals surface area contributed by atoms with Crippen LogP contribution in [0.4, 0.5) is 0 Å². The first-order valence-corrected chi connectivity index (χ1v) is 13.4. The van der Waals surface area contributed by atoms with Crippen LogP contribution in [-0.2, 0) is 21.7 Å². The molecule has 1 aliphatic heterocycles. The Morgan fingerprint density at radius 2 is 1.44 bits per heavy atom. The highest BCUT2D eigenvalue weighted by molar-refractivity contribution is 5.81. The Kier molecular flexibility index (Phi) is 7.36. The van der Waals surface area contributed by atoms with Gasteiger partial charge in [0.2, 0.25) is 0 Å². The zero-order chi connectivity index (χ0) is 23.4. The van der Waals surface area contributed by atoms with Gasteiger partial charge in [-0.05, 0) is 48.6 Å². The smallest absolute Gasteiger partial charge is 0.343 e. The Morgan fingerprint density at radius 1 is 0.853 bits per heavy atom.